The van der Waals surface area contributed by atoms with E-state index in [1.807, 2.05) is 18.3 Å². The zero-order chi connectivity index (χ0) is 16.4. The van der Waals surface area contributed by atoms with Crippen LogP contribution >= 0.6 is 0 Å². The summed E-state index contributed by atoms with van der Waals surface area (Å²) in [5, 5.41) is 6.03. The molecule has 0 atom stereocenters. The highest BCUT2D eigenvalue weighted by Gasteiger charge is 2.15. The number of fused-ring (bicyclic) bond motifs is 10. The van der Waals surface area contributed by atoms with E-state index in [2.05, 4.69) is 65.1 Å². The summed E-state index contributed by atoms with van der Waals surface area (Å²) in [5.41, 5.74) is 4.01. The van der Waals surface area contributed by atoms with E-state index in [-0.39, 0.29) is 0 Å². The van der Waals surface area contributed by atoms with Gasteiger partial charge in [0.1, 0.15) is 11.3 Å². The summed E-state index contributed by atoms with van der Waals surface area (Å²) in [7, 11) is 0. The van der Waals surface area contributed by atoms with Crippen molar-refractivity contribution >= 4 is 49.3 Å². The highest BCUT2D eigenvalue weighted by molar-refractivity contribution is 6.23. The number of para-hydroxylation sites is 2. The van der Waals surface area contributed by atoms with E-state index in [9.17, 15) is 0 Å². The normalized spacial score (nSPS) is 12.0. The molecule has 0 unspecified atom stereocenters. The lowest BCUT2D eigenvalue weighted by Crippen LogP contribution is -1.94. The summed E-state index contributed by atoms with van der Waals surface area (Å²) in [6.07, 6.45) is 1.85. The average molecular weight is 319 g/mol. The summed E-state index contributed by atoms with van der Waals surface area (Å²) in [6, 6.07) is 25.3. The third-order valence-corrected chi connectivity index (χ3v) is 5.00. The van der Waals surface area contributed by atoms with Crippen LogP contribution in [-0.2, 0) is 0 Å². The Balaban J connectivity index is 2.06. The molecule has 0 aliphatic carbocycles. The van der Waals surface area contributed by atoms with Gasteiger partial charge in [-0.2, -0.15) is 0 Å². The molecule has 3 heteroatoms. The largest absolute Gasteiger partial charge is 0.276 e. The molecule has 0 N–H and O–H groups in total. The Kier molecular flexibility index (Phi) is 2.35. The van der Waals surface area contributed by atoms with Crippen molar-refractivity contribution in [3.05, 3.63) is 79.0 Å². The van der Waals surface area contributed by atoms with Gasteiger partial charge in [0.15, 0.2) is 0 Å². The third kappa shape index (κ3) is 1.59. The van der Waals surface area contributed by atoms with Gasteiger partial charge in [-0.15, -0.1) is 0 Å². The second-order valence-electron chi connectivity index (χ2n) is 6.34. The molecule has 6 aromatic rings. The fourth-order valence-electron chi connectivity index (χ4n) is 3.94. The molecule has 0 fully saturated rings. The predicted molar refractivity (Wildman–Crippen MR) is 103 cm³/mol. The Hall–Kier alpha value is -3.46. The van der Waals surface area contributed by atoms with E-state index in [1.54, 1.807) is 0 Å². The van der Waals surface area contributed by atoms with Crippen molar-refractivity contribution < 1.29 is 0 Å². The molecule has 6 rings (SSSR count). The van der Waals surface area contributed by atoms with Gasteiger partial charge >= 0.3 is 0 Å². The van der Waals surface area contributed by atoms with Gasteiger partial charge in [-0.25, -0.2) is 9.97 Å². The summed E-state index contributed by atoms with van der Waals surface area (Å²) < 4.78 is 2.18. The van der Waals surface area contributed by atoms with Crippen LogP contribution < -0.4 is 0 Å². The fourth-order valence-corrected chi connectivity index (χ4v) is 3.94. The predicted octanol–water partition coefficient (Wildman–Crippen LogP) is 5.34. The van der Waals surface area contributed by atoms with Crippen molar-refractivity contribution in [2.45, 2.75) is 0 Å². The van der Waals surface area contributed by atoms with Gasteiger partial charge in [-0.3, -0.25) is 4.40 Å². The van der Waals surface area contributed by atoms with Crippen LogP contribution in [0.4, 0.5) is 0 Å². The maximum absolute atomic E-state index is 4.92. The summed E-state index contributed by atoms with van der Waals surface area (Å²) >= 11 is 0. The molecule has 0 saturated heterocycles. The molecular formula is C22H13N3. The van der Waals surface area contributed by atoms with Crippen LogP contribution in [0.5, 0.6) is 0 Å². The first-order valence-electron chi connectivity index (χ1n) is 8.37. The van der Waals surface area contributed by atoms with E-state index < -0.39 is 0 Å². The number of imidazole rings is 1. The molecule has 0 radical (unpaired) electrons. The molecule has 3 heterocycles. The van der Waals surface area contributed by atoms with Crippen molar-refractivity contribution in [1.82, 2.24) is 14.4 Å². The number of benzene rings is 3. The van der Waals surface area contributed by atoms with Crippen LogP contribution in [0.3, 0.4) is 0 Å². The maximum atomic E-state index is 4.92. The first-order chi connectivity index (χ1) is 12.4. The monoisotopic (exact) mass is 319 g/mol. The van der Waals surface area contributed by atoms with E-state index in [1.165, 1.54) is 16.2 Å². The lowest BCUT2D eigenvalue weighted by Gasteiger charge is -2.10. The summed E-state index contributed by atoms with van der Waals surface area (Å²) in [5.74, 6) is 0. The number of pyridine rings is 2. The van der Waals surface area contributed by atoms with E-state index in [0.717, 1.165) is 33.1 Å². The van der Waals surface area contributed by atoms with Crippen LogP contribution in [0.15, 0.2) is 79.0 Å². The Morgan fingerprint density at radius 2 is 1.44 bits per heavy atom. The minimum Gasteiger partial charge on any atom is -0.276 e. The van der Waals surface area contributed by atoms with E-state index in [0.29, 0.717) is 0 Å². The average Bonchev–Trinajstić information content (AvgIpc) is 3.07. The van der Waals surface area contributed by atoms with Crippen LogP contribution in [0.2, 0.25) is 0 Å². The lowest BCUT2D eigenvalue weighted by atomic mass is 10.0. The van der Waals surface area contributed by atoms with E-state index >= 15 is 0 Å². The van der Waals surface area contributed by atoms with Crippen LogP contribution in [0.1, 0.15) is 0 Å². The van der Waals surface area contributed by atoms with Gasteiger partial charge in [0.25, 0.3) is 0 Å². The SMILES string of the molecule is c1ccc2c(c1)ccc1c2c2cccnc2n2c3ccccc3nc12. The zero-order valence-electron chi connectivity index (χ0n) is 13.3. The molecule has 25 heavy (non-hydrogen) atoms. The Labute approximate surface area is 143 Å². The fraction of sp³-hybridized carbons (Fsp3) is 0. The number of hydrogen-bond donors (Lipinski definition) is 0. The first kappa shape index (κ1) is 12.9. The Bertz CT molecular complexity index is 1440. The Morgan fingerprint density at radius 1 is 0.640 bits per heavy atom. The molecule has 3 aromatic heterocycles. The van der Waals surface area contributed by atoms with Gasteiger partial charge < -0.3 is 0 Å². The number of rotatable bonds is 0. The molecular weight excluding hydrogens is 306 g/mol. The van der Waals surface area contributed by atoms with Crippen molar-refractivity contribution in [3.8, 4) is 0 Å². The van der Waals surface area contributed by atoms with Crippen molar-refractivity contribution in [1.29, 1.82) is 0 Å². The molecule has 0 aliphatic heterocycles. The molecule has 0 bridgehead atoms. The molecule has 0 spiro atoms. The van der Waals surface area contributed by atoms with Gasteiger partial charge in [0.2, 0.25) is 0 Å². The van der Waals surface area contributed by atoms with Crippen molar-refractivity contribution in [2.24, 2.45) is 0 Å². The minimum absolute atomic E-state index is 0.954. The lowest BCUT2D eigenvalue weighted by molar-refractivity contribution is 1.23. The number of nitrogens with zero attached hydrogens (tertiary/aromatic N) is 3. The highest BCUT2D eigenvalue weighted by Crippen LogP contribution is 2.35. The smallest absolute Gasteiger partial charge is 0.147 e. The molecule has 3 nitrogen and oxygen atoms in total. The van der Waals surface area contributed by atoms with Crippen molar-refractivity contribution in [2.75, 3.05) is 0 Å². The standard InChI is InChI=1S/C22H13N3/c1-2-7-15-14(6-1)11-12-17-20(15)16-8-5-13-23-21(16)25-19-10-4-3-9-18(19)24-22(17)25/h1-13H. The highest BCUT2D eigenvalue weighted by atomic mass is 15.1. The molecule has 116 valence electrons. The first-order valence-corrected chi connectivity index (χ1v) is 8.37. The second-order valence-corrected chi connectivity index (χ2v) is 6.34. The topological polar surface area (TPSA) is 30.2 Å². The second kappa shape index (κ2) is 4.54. The van der Waals surface area contributed by atoms with Crippen LogP contribution in [0, 0.1) is 0 Å². The van der Waals surface area contributed by atoms with E-state index in [4.69, 9.17) is 9.97 Å². The molecule has 0 amide bonds. The maximum Gasteiger partial charge on any atom is 0.147 e. The van der Waals surface area contributed by atoms with Crippen LogP contribution in [0.25, 0.3) is 49.3 Å². The molecule has 0 saturated carbocycles. The van der Waals surface area contributed by atoms with Gasteiger partial charge in [-0.1, -0.05) is 42.5 Å². The molecule has 0 aliphatic rings. The minimum atomic E-state index is 0.954. The summed E-state index contributed by atoms with van der Waals surface area (Å²) in [4.78, 5) is 9.63. The summed E-state index contributed by atoms with van der Waals surface area (Å²) in [6.45, 7) is 0. The number of aromatic nitrogens is 3. The van der Waals surface area contributed by atoms with Gasteiger partial charge in [0, 0.05) is 22.4 Å². The van der Waals surface area contributed by atoms with Gasteiger partial charge in [-0.05, 0) is 41.1 Å². The van der Waals surface area contributed by atoms with Gasteiger partial charge in [0.05, 0.1) is 11.0 Å². The quantitative estimate of drug-likeness (QED) is 0.354. The van der Waals surface area contributed by atoms with Crippen LogP contribution in [-0.4, -0.2) is 14.4 Å². The Morgan fingerprint density at radius 3 is 2.44 bits per heavy atom. The zero-order valence-corrected chi connectivity index (χ0v) is 13.3. The number of hydrogen-bond acceptors (Lipinski definition) is 2. The van der Waals surface area contributed by atoms with Crippen molar-refractivity contribution in [3.63, 3.8) is 0 Å². The molecule has 3 aromatic carbocycles. The third-order valence-electron chi connectivity index (χ3n) is 5.00.